The number of fused-ring (bicyclic) bond motifs is 2. The molecular weight excluding hydrogens is 316 g/mol. The summed E-state index contributed by atoms with van der Waals surface area (Å²) in [5.41, 5.74) is 3.38. The van der Waals surface area contributed by atoms with Gasteiger partial charge in [0.1, 0.15) is 18.5 Å². The first kappa shape index (κ1) is 14.6. The molecule has 0 spiro atoms. The molecule has 2 aliphatic rings. The van der Waals surface area contributed by atoms with Crippen LogP contribution in [0.1, 0.15) is 24.1 Å². The summed E-state index contributed by atoms with van der Waals surface area (Å²) >= 11 is 0. The van der Waals surface area contributed by atoms with Crippen LogP contribution in [0.5, 0.6) is 0 Å². The first-order chi connectivity index (χ1) is 12.3. The fourth-order valence-corrected chi connectivity index (χ4v) is 3.82. The topological polar surface area (TPSA) is 75.3 Å². The highest BCUT2D eigenvalue weighted by atomic mass is 15.4. The van der Waals surface area contributed by atoms with E-state index in [1.807, 2.05) is 10.6 Å². The molecule has 0 amide bonds. The second-order valence-electron chi connectivity index (χ2n) is 6.81. The van der Waals surface area contributed by atoms with Gasteiger partial charge in [0.25, 0.3) is 0 Å². The molecule has 1 fully saturated rings. The largest absolute Gasteiger partial charge is 0.353 e. The molecule has 5 rings (SSSR count). The number of anilines is 2. The fourth-order valence-electron chi connectivity index (χ4n) is 3.82. The van der Waals surface area contributed by atoms with E-state index in [9.17, 15) is 0 Å². The zero-order valence-corrected chi connectivity index (χ0v) is 14.2. The standard InChI is InChI=1S/C17H20N8/c1-23(15-13-4-2-3-5-14(13)19-10-20-15)12-8-25(9-12)16-17-22-21-11-24(17)7-6-18-16/h6-7,10-12H,2-5,8-9H2,1H3. The number of aryl methyl sites for hydroxylation is 1. The first-order valence-electron chi connectivity index (χ1n) is 8.76. The van der Waals surface area contributed by atoms with E-state index in [2.05, 4.69) is 42.0 Å². The summed E-state index contributed by atoms with van der Waals surface area (Å²) in [6.07, 6.45) is 11.7. The second-order valence-corrected chi connectivity index (χ2v) is 6.81. The van der Waals surface area contributed by atoms with Crippen LogP contribution in [0, 0.1) is 0 Å². The molecule has 0 bridgehead atoms. The summed E-state index contributed by atoms with van der Waals surface area (Å²) in [7, 11) is 2.14. The van der Waals surface area contributed by atoms with Gasteiger partial charge in [-0.2, -0.15) is 0 Å². The Labute approximate surface area is 145 Å². The molecular formula is C17H20N8. The molecule has 128 valence electrons. The smallest absolute Gasteiger partial charge is 0.203 e. The highest BCUT2D eigenvalue weighted by Crippen LogP contribution is 2.31. The van der Waals surface area contributed by atoms with Crippen LogP contribution in [0.15, 0.2) is 25.0 Å². The zero-order valence-electron chi connectivity index (χ0n) is 14.2. The third-order valence-electron chi connectivity index (χ3n) is 5.34. The van der Waals surface area contributed by atoms with Crippen molar-refractivity contribution in [2.24, 2.45) is 0 Å². The number of aromatic nitrogens is 6. The lowest BCUT2D eigenvalue weighted by Gasteiger charge is -2.45. The molecule has 8 heteroatoms. The average Bonchev–Trinajstić information content (AvgIpc) is 3.09. The van der Waals surface area contributed by atoms with Crippen molar-refractivity contribution in [2.45, 2.75) is 31.7 Å². The Kier molecular flexibility index (Phi) is 3.29. The van der Waals surface area contributed by atoms with Gasteiger partial charge in [-0.1, -0.05) is 0 Å². The minimum absolute atomic E-state index is 0.422. The van der Waals surface area contributed by atoms with Crippen LogP contribution in [-0.2, 0) is 12.8 Å². The van der Waals surface area contributed by atoms with Crippen LogP contribution in [0.25, 0.3) is 5.65 Å². The molecule has 0 saturated carbocycles. The van der Waals surface area contributed by atoms with E-state index in [1.165, 1.54) is 24.1 Å². The summed E-state index contributed by atoms with van der Waals surface area (Å²) in [6, 6.07) is 0.422. The average molecular weight is 336 g/mol. The van der Waals surface area contributed by atoms with Gasteiger partial charge >= 0.3 is 0 Å². The lowest BCUT2D eigenvalue weighted by Crippen LogP contribution is -2.59. The summed E-state index contributed by atoms with van der Waals surface area (Å²) < 4.78 is 1.90. The molecule has 0 atom stereocenters. The van der Waals surface area contributed by atoms with Crippen molar-refractivity contribution in [3.8, 4) is 0 Å². The Hall–Kier alpha value is -2.77. The molecule has 0 radical (unpaired) electrons. The van der Waals surface area contributed by atoms with Gasteiger partial charge in [0.2, 0.25) is 5.65 Å². The maximum Gasteiger partial charge on any atom is 0.203 e. The van der Waals surface area contributed by atoms with E-state index in [0.717, 1.165) is 43.2 Å². The lowest BCUT2D eigenvalue weighted by molar-refractivity contribution is 0.487. The van der Waals surface area contributed by atoms with E-state index >= 15 is 0 Å². The maximum atomic E-state index is 4.59. The predicted molar refractivity (Wildman–Crippen MR) is 93.9 cm³/mol. The van der Waals surface area contributed by atoms with Crippen molar-refractivity contribution < 1.29 is 0 Å². The Morgan fingerprint density at radius 1 is 1.12 bits per heavy atom. The Balaban J connectivity index is 1.36. The van der Waals surface area contributed by atoms with Gasteiger partial charge in [0, 0.05) is 43.8 Å². The van der Waals surface area contributed by atoms with Gasteiger partial charge in [0.15, 0.2) is 5.82 Å². The van der Waals surface area contributed by atoms with Crippen molar-refractivity contribution in [3.05, 3.63) is 36.3 Å². The van der Waals surface area contributed by atoms with Crippen LogP contribution in [0.4, 0.5) is 11.6 Å². The molecule has 0 unspecified atom stereocenters. The van der Waals surface area contributed by atoms with Crippen LogP contribution >= 0.6 is 0 Å². The van der Waals surface area contributed by atoms with Crippen LogP contribution in [-0.4, -0.2) is 55.7 Å². The molecule has 0 N–H and O–H groups in total. The molecule has 1 saturated heterocycles. The first-order valence-corrected chi connectivity index (χ1v) is 8.76. The zero-order chi connectivity index (χ0) is 16.8. The quantitative estimate of drug-likeness (QED) is 0.709. The molecule has 25 heavy (non-hydrogen) atoms. The summed E-state index contributed by atoms with van der Waals surface area (Å²) in [5.74, 6) is 2.00. The highest BCUT2D eigenvalue weighted by molar-refractivity contribution is 5.65. The Bertz CT molecular complexity index is 914. The summed E-state index contributed by atoms with van der Waals surface area (Å²) in [5, 5.41) is 8.15. The molecule has 4 heterocycles. The van der Waals surface area contributed by atoms with Gasteiger partial charge in [0.05, 0.1) is 6.04 Å². The van der Waals surface area contributed by atoms with E-state index in [4.69, 9.17) is 0 Å². The summed E-state index contributed by atoms with van der Waals surface area (Å²) in [6.45, 7) is 1.82. The van der Waals surface area contributed by atoms with Crippen molar-refractivity contribution in [1.29, 1.82) is 0 Å². The van der Waals surface area contributed by atoms with E-state index in [0.29, 0.717) is 6.04 Å². The molecule has 3 aromatic rings. The molecule has 3 aromatic heterocycles. The number of rotatable bonds is 3. The fraction of sp³-hybridized carbons (Fsp3) is 0.471. The third kappa shape index (κ3) is 2.32. The SMILES string of the molecule is CN(c1ncnc2c1CCCC2)C1CN(c2nccn3cnnc23)C1. The summed E-state index contributed by atoms with van der Waals surface area (Å²) in [4.78, 5) is 18.1. The van der Waals surface area contributed by atoms with Crippen LogP contribution in [0.3, 0.4) is 0 Å². The van der Waals surface area contributed by atoms with Crippen LogP contribution < -0.4 is 9.80 Å². The van der Waals surface area contributed by atoms with E-state index in [-0.39, 0.29) is 0 Å². The van der Waals surface area contributed by atoms with E-state index in [1.54, 1.807) is 18.9 Å². The van der Waals surface area contributed by atoms with Gasteiger partial charge in [-0.15, -0.1) is 10.2 Å². The number of hydrogen-bond donors (Lipinski definition) is 0. The van der Waals surface area contributed by atoms with Gasteiger partial charge in [-0.25, -0.2) is 15.0 Å². The molecule has 8 nitrogen and oxygen atoms in total. The monoisotopic (exact) mass is 336 g/mol. The van der Waals surface area contributed by atoms with Gasteiger partial charge in [-0.05, 0) is 25.7 Å². The van der Waals surface area contributed by atoms with E-state index < -0.39 is 0 Å². The number of nitrogens with zero attached hydrogens (tertiary/aromatic N) is 8. The van der Waals surface area contributed by atoms with Crippen molar-refractivity contribution >= 4 is 17.3 Å². The molecule has 1 aliphatic carbocycles. The highest BCUT2D eigenvalue weighted by Gasteiger charge is 2.34. The lowest BCUT2D eigenvalue weighted by atomic mass is 9.95. The third-order valence-corrected chi connectivity index (χ3v) is 5.34. The maximum absolute atomic E-state index is 4.59. The Morgan fingerprint density at radius 2 is 2.00 bits per heavy atom. The van der Waals surface area contributed by atoms with Gasteiger partial charge < -0.3 is 9.80 Å². The van der Waals surface area contributed by atoms with Crippen molar-refractivity contribution in [1.82, 2.24) is 29.5 Å². The molecule has 1 aliphatic heterocycles. The minimum atomic E-state index is 0.422. The molecule has 0 aromatic carbocycles. The normalized spacial score (nSPS) is 17.4. The number of hydrogen-bond acceptors (Lipinski definition) is 7. The number of likely N-dealkylation sites (N-methyl/N-ethyl adjacent to an activating group) is 1. The van der Waals surface area contributed by atoms with Gasteiger partial charge in [-0.3, -0.25) is 4.40 Å². The van der Waals surface area contributed by atoms with Crippen molar-refractivity contribution in [3.63, 3.8) is 0 Å². The van der Waals surface area contributed by atoms with Crippen molar-refractivity contribution in [2.75, 3.05) is 29.9 Å². The predicted octanol–water partition coefficient (Wildman–Crippen LogP) is 1.12. The second kappa shape index (κ2) is 5.65. The van der Waals surface area contributed by atoms with Crippen LogP contribution in [0.2, 0.25) is 0 Å². The Morgan fingerprint density at radius 3 is 2.92 bits per heavy atom. The minimum Gasteiger partial charge on any atom is -0.353 e.